The molecule has 0 radical (unpaired) electrons. The van der Waals surface area contributed by atoms with Crippen molar-refractivity contribution in [2.75, 3.05) is 25.5 Å². The fourth-order valence-corrected chi connectivity index (χ4v) is 4.82. The number of aryl methyl sites for hydroxylation is 1. The van der Waals surface area contributed by atoms with Crippen molar-refractivity contribution in [1.82, 2.24) is 20.0 Å². The summed E-state index contributed by atoms with van der Waals surface area (Å²) in [6.07, 6.45) is 10.6. The van der Waals surface area contributed by atoms with Crippen LogP contribution in [0.25, 0.3) is 11.3 Å². The number of nitrogens with zero attached hydrogens (tertiary/aromatic N) is 5. The zero-order valence-electron chi connectivity index (χ0n) is 18.6. The zero-order chi connectivity index (χ0) is 21.3. The molecule has 1 aliphatic heterocycles. The molecule has 1 amide bonds. The van der Waals surface area contributed by atoms with Crippen molar-refractivity contribution >= 4 is 11.9 Å². The Morgan fingerprint density at radius 2 is 1.97 bits per heavy atom. The molecule has 0 spiro atoms. The molecule has 3 heterocycles. The summed E-state index contributed by atoms with van der Waals surface area (Å²) in [5, 5.41) is 4.12. The van der Waals surface area contributed by atoms with Crippen molar-refractivity contribution in [3.63, 3.8) is 0 Å². The smallest absolute Gasteiger partial charge is 0.225 e. The van der Waals surface area contributed by atoms with E-state index in [0.29, 0.717) is 18.1 Å². The molecule has 1 saturated carbocycles. The molecule has 0 unspecified atom stereocenters. The van der Waals surface area contributed by atoms with E-state index in [-0.39, 0.29) is 11.9 Å². The summed E-state index contributed by atoms with van der Waals surface area (Å²) in [6, 6.07) is -0.0393. The van der Waals surface area contributed by atoms with Crippen LogP contribution in [0, 0.1) is 19.8 Å². The van der Waals surface area contributed by atoms with Crippen LogP contribution < -0.4 is 4.90 Å². The Morgan fingerprint density at radius 3 is 2.63 bits per heavy atom. The monoisotopic (exact) mass is 411 g/mol. The van der Waals surface area contributed by atoms with Crippen molar-refractivity contribution < 1.29 is 9.32 Å². The molecule has 0 aromatic carbocycles. The standard InChI is InChI=1S/C23H33N5O2/c1-15-16(2)26-30-22(15)18-14-24-23(27(3)4)25-21(18)19-10-7-13-28(19)20(29)12-11-17-8-5-6-9-17/h14,17,19H,5-13H2,1-4H3/t19-/m1/s1. The van der Waals surface area contributed by atoms with Gasteiger partial charge in [0, 0.05) is 38.8 Å². The molecule has 1 aliphatic carbocycles. The van der Waals surface area contributed by atoms with Gasteiger partial charge in [-0.15, -0.1) is 0 Å². The van der Waals surface area contributed by atoms with E-state index >= 15 is 0 Å². The second kappa shape index (κ2) is 8.74. The lowest BCUT2D eigenvalue weighted by molar-refractivity contribution is -0.132. The van der Waals surface area contributed by atoms with E-state index in [9.17, 15) is 4.79 Å². The van der Waals surface area contributed by atoms with Gasteiger partial charge in [0.15, 0.2) is 5.76 Å². The summed E-state index contributed by atoms with van der Waals surface area (Å²) in [6.45, 7) is 4.73. The highest BCUT2D eigenvalue weighted by Crippen LogP contribution is 2.39. The zero-order valence-corrected chi connectivity index (χ0v) is 18.6. The van der Waals surface area contributed by atoms with Crippen molar-refractivity contribution in [3.05, 3.63) is 23.1 Å². The SMILES string of the molecule is Cc1noc(-c2cnc(N(C)C)nc2[C@H]2CCCN2C(=O)CCC2CCCC2)c1C. The first-order chi connectivity index (χ1) is 14.5. The largest absolute Gasteiger partial charge is 0.356 e. The van der Waals surface area contributed by atoms with Gasteiger partial charge in [0.05, 0.1) is 23.0 Å². The first-order valence-corrected chi connectivity index (χ1v) is 11.2. The number of aromatic nitrogens is 3. The number of carbonyl (C=O) groups is 1. The van der Waals surface area contributed by atoms with E-state index in [4.69, 9.17) is 9.51 Å². The van der Waals surface area contributed by atoms with E-state index in [1.165, 1.54) is 25.7 Å². The van der Waals surface area contributed by atoms with Crippen LogP contribution in [0.2, 0.25) is 0 Å². The topological polar surface area (TPSA) is 75.4 Å². The summed E-state index contributed by atoms with van der Waals surface area (Å²) in [5.41, 5.74) is 3.58. The molecule has 0 bridgehead atoms. The molecule has 4 rings (SSSR count). The lowest BCUT2D eigenvalue weighted by atomic mass is 10.00. The molecule has 1 atom stereocenters. The van der Waals surface area contributed by atoms with Gasteiger partial charge in [-0.1, -0.05) is 30.8 Å². The van der Waals surface area contributed by atoms with Gasteiger partial charge >= 0.3 is 0 Å². The molecule has 2 aromatic heterocycles. The maximum Gasteiger partial charge on any atom is 0.225 e. The maximum atomic E-state index is 13.2. The molecule has 30 heavy (non-hydrogen) atoms. The van der Waals surface area contributed by atoms with Gasteiger partial charge in [-0.3, -0.25) is 4.79 Å². The first kappa shape index (κ1) is 20.8. The molecule has 2 aromatic rings. The predicted molar refractivity (Wildman–Crippen MR) is 116 cm³/mol. The lowest BCUT2D eigenvalue weighted by Crippen LogP contribution is -2.31. The number of likely N-dealkylation sites (tertiary alicyclic amines) is 1. The van der Waals surface area contributed by atoms with Gasteiger partial charge in [-0.25, -0.2) is 9.97 Å². The average Bonchev–Trinajstić information content (AvgIpc) is 3.48. The van der Waals surface area contributed by atoms with Crippen LogP contribution in [0.4, 0.5) is 5.95 Å². The second-order valence-electron chi connectivity index (χ2n) is 9.02. The molecule has 1 saturated heterocycles. The molecule has 0 N–H and O–H groups in total. The lowest BCUT2D eigenvalue weighted by Gasteiger charge is -2.27. The number of amides is 1. The van der Waals surface area contributed by atoms with E-state index in [0.717, 1.165) is 54.2 Å². The molecule has 7 heteroatoms. The van der Waals surface area contributed by atoms with Gasteiger partial charge in [0.25, 0.3) is 0 Å². The summed E-state index contributed by atoms with van der Waals surface area (Å²) in [7, 11) is 3.86. The van der Waals surface area contributed by atoms with Crippen LogP contribution in [-0.4, -0.2) is 46.6 Å². The van der Waals surface area contributed by atoms with Crippen LogP contribution in [-0.2, 0) is 4.79 Å². The van der Waals surface area contributed by atoms with E-state index in [1.54, 1.807) is 0 Å². The number of hydrogen-bond acceptors (Lipinski definition) is 6. The van der Waals surface area contributed by atoms with Crippen LogP contribution in [0.5, 0.6) is 0 Å². The van der Waals surface area contributed by atoms with Crippen LogP contribution in [0.1, 0.15) is 74.4 Å². The highest BCUT2D eigenvalue weighted by atomic mass is 16.5. The Bertz CT molecular complexity index is 901. The fourth-order valence-electron chi connectivity index (χ4n) is 4.82. The molecule has 2 aliphatic rings. The van der Waals surface area contributed by atoms with Gasteiger partial charge in [0.2, 0.25) is 11.9 Å². The van der Waals surface area contributed by atoms with Gasteiger partial charge in [-0.2, -0.15) is 0 Å². The summed E-state index contributed by atoms with van der Waals surface area (Å²) in [5.74, 6) is 2.33. The number of rotatable bonds is 6. The third-order valence-corrected chi connectivity index (χ3v) is 6.74. The minimum atomic E-state index is -0.0393. The molecule has 162 valence electrons. The van der Waals surface area contributed by atoms with E-state index in [1.807, 2.05) is 43.9 Å². The second-order valence-corrected chi connectivity index (χ2v) is 9.02. The number of carbonyl (C=O) groups excluding carboxylic acids is 1. The van der Waals surface area contributed by atoms with E-state index in [2.05, 4.69) is 10.1 Å². The quantitative estimate of drug-likeness (QED) is 0.699. The van der Waals surface area contributed by atoms with Gasteiger partial charge < -0.3 is 14.3 Å². The maximum absolute atomic E-state index is 13.2. The van der Waals surface area contributed by atoms with E-state index < -0.39 is 0 Å². The average molecular weight is 412 g/mol. The minimum absolute atomic E-state index is 0.0393. The van der Waals surface area contributed by atoms with Crippen molar-refractivity contribution in [2.45, 2.75) is 71.3 Å². The van der Waals surface area contributed by atoms with Crippen LogP contribution in [0.3, 0.4) is 0 Å². The summed E-state index contributed by atoms with van der Waals surface area (Å²) < 4.78 is 5.65. The molecular formula is C23H33N5O2. The van der Waals surface area contributed by atoms with Crippen molar-refractivity contribution in [1.29, 1.82) is 0 Å². The molecule has 7 nitrogen and oxygen atoms in total. The highest BCUT2D eigenvalue weighted by molar-refractivity contribution is 5.77. The highest BCUT2D eigenvalue weighted by Gasteiger charge is 2.34. The Kier molecular flexibility index (Phi) is 6.06. The van der Waals surface area contributed by atoms with Crippen molar-refractivity contribution in [2.24, 2.45) is 5.92 Å². The Morgan fingerprint density at radius 1 is 1.20 bits per heavy atom. The number of anilines is 1. The van der Waals surface area contributed by atoms with Gasteiger partial charge in [0.1, 0.15) is 0 Å². The number of hydrogen-bond donors (Lipinski definition) is 0. The molecule has 2 fully saturated rings. The summed E-state index contributed by atoms with van der Waals surface area (Å²) in [4.78, 5) is 26.5. The Hall–Kier alpha value is -2.44. The third kappa shape index (κ3) is 4.07. The van der Waals surface area contributed by atoms with Crippen LogP contribution >= 0.6 is 0 Å². The minimum Gasteiger partial charge on any atom is -0.356 e. The summed E-state index contributed by atoms with van der Waals surface area (Å²) >= 11 is 0. The first-order valence-electron chi connectivity index (χ1n) is 11.2. The molecular weight excluding hydrogens is 378 g/mol. The third-order valence-electron chi connectivity index (χ3n) is 6.74. The fraction of sp³-hybridized carbons (Fsp3) is 0.652. The van der Waals surface area contributed by atoms with Gasteiger partial charge in [-0.05, 0) is 39.0 Å². The van der Waals surface area contributed by atoms with Crippen molar-refractivity contribution in [3.8, 4) is 11.3 Å². The normalized spacial score (nSPS) is 19.6. The van der Waals surface area contributed by atoms with Crippen LogP contribution in [0.15, 0.2) is 10.7 Å². The predicted octanol–water partition coefficient (Wildman–Crippen LogP) is 4.45. The Balaban J connectivity index is 1.63. The Labute approximate surface area is 178 Å².